The lowest BCUT2D eigenvalue weighted by Crippen LogP contribution is -2.47. The van der Waals surface area contributed by atoms with Gasteiger partial charge < -0.3 is 5.73 Å². The SMILES string of the molecule is CN1C(=O)CC(C)(c2cccc(-c3cc(F)ccc3F)c2)N=C1N. The van der Waals surface area contributed by atoms with E-state index in [9.17, 15) is 13.6 Å². The van der Waals surface area contributed by atoms with E-state index in [1.807, 2.05) is 0 Å². The molecule has 0 saturated heterocycles. The minimum absolute atomic E-state index is 0.135. The van der Waals surface area contributed by atoms with Gasteiger partial charge in [-0.15, -0.1) is 0 Å². The average molecular weight is 329 g/mol. The van der Waals surface area contributed by atoms with Crippen LogP contribution in [0.5, 0.6) is 0 Å². The summed E-state index contributed by atoms with van der Waals surface area (Å²) in [6.45, 7) is 1.80. The first-order valence-electron chi connectivity index (χ1n) is 7.48. The highest BCUT2D eigenvalue weighted by Gasteiger charge is 2.36. The van der Waals surface area contributed by atoms with Crippen molar-refractivity contribution in [2.75, 3.05) is 7.05 Å². The zero-order chi connectivity index (χ0) is 17.5. The van der Waals surface area contributed by atoms with E-state index in [0.717, 1.165) is 18.2 Å². The summed E-state index contributed by atoms with van der Waals surface area (Å²) in [4.78, 5) is 17.8. The molecule has 3 rings (SSSR count). The molecule has 0 bridgehead atoms. The standard InChI is InChI=1S/C18H17F2N3O/c1-18(10-16(24)23(2)17(21)22-18)12-5-3-4-11(8-12)14-9-13(19)6-7-15(14)20/h3-9H,10H2,1-2H3,(H2,21,22). The molecule has 0 spiro atoms. The number of halogens is 2. The molecule has 0 saturated carbocycles. The van der Waals surface area contributed by atoms with Crippen molar-refractivity contribution in [3.05, 3.63) is 59.7 Å². The maximum Gasteiger partial charge on any atom is 0.231 e. The van der Waals surface area contributed by atoms with Crippen LogP contribution in [0.1, 0.15) is 18.9 Å². The molecule has 0 radical (unpaired) electrons. The van der Waals surface area contributed by atoms with Crippen LogP contribution in [-0.4, -0.2) is 23.8 Å². The molecular weight excluding hydrogens is 312 g/mol. The zero-order valence-electron chi connectivity index (χ0n) is 13.4. The number of guanidine groups is 1. The van der Waals surface area contributed by atoms with Crippen molar-refractivity contribution in [3.8, 4) is 11.1 Å². The molecule has 1 aliphatic rings. The number of amides is 1. The Morgan fingerprint density at radius 1 is 1.21 bits per heavy atom. The minimum atomic E-state index is -0.840. The largest absolute Gasteiger partial charge is 0.369 e. The van der Waals surface area contributed by atoms with Crippen molar-refractivity contribution in [3.63, 3.8) is 0 Å². The van der Waals surface area contributed by atoms with Crippen molar-refractivity contribution in [2.24, 2.45) is 10.7 Å². The molecule has 1 amide bonds. The lowest BCUT2D eigenvalue weighted by molar-refractivity contribution is -0.128. The molecule has 124 valence electrons. The van der Waals surface area contributed by atoms with Crippen LogP contribution in [0.4, 0.5) is 8.78 Å². The van der Waals surface area contributed by atoms with E-state index < -0.39 is 17.2 Å². The molecule has 2 aromatic carbocycles. The monoisotopic (exact) mass is 329 g/mol. The Morgan fingerprint density at radius 3 is 2.67 bits per heavy atom. The van der Waals surface area contributed by atoms with Crippen molar-refractivity contribution < 1.29 is 13.6 Å². The summed E-state index contributed by atoms with van der Waals surface area (Å²) >= 11 is 0. The summed E-state index contributed by atoms with van der Waals surface area (Å²) in [5.41, 5.74) is 6.38. The second-order valence-corrected chi connectivity index (χ2v) is 6.08. The molecule has 0 aromatic heterocycles. The Morgan fingerprint density at radius 2 is 1.96 bits per heavy atom. The van der Waals surface area contributed by atoms with Gasteiger partial charge in [-0.2, -0.15) is 0 Å². The molecular formula is C18H17F2N3O. The van der Waals surface area contributed by atoms with E-state index in [1.54, 1.807) is 38.2 Å². The predicted octanol–water partition coefficient (Wildman–Crippen LogP) is 3.02. The fraction of sp³-hybridized carbons (Fsp3) is 0.222. The molecule has 2 aromatic rings. The molecule has 2 N–H and O–H groups in total. The van der Waals surface area contributed by atoms with Crippen molar-refractivity contribution in [1.82, 2.24) is 4.90 Å². The van der Waals surface area contributed by atoms with E-state index in [4.69, 9.17) is 5.73 Å². The third-order valence-electron chi connectivity index (χ3n) is 4.30. The number of hydrogen-bond acceptors (Lipinski definition) is 3. The molecule has 1 aliphatic heterocycles. The summed E-state index contributed by atoms with van der Waals surface area (Å²) in [5.74, 6) is -1.04. The summed E-state index contributed by atoms with van der Waals surface area (Å²) < 4.78 is 27.5. The fourth-order valence-electron chi connectivity index (χ4n) is 2.82. The van der Waals surface area contributed by atoms with Crippen molar-refractivity contribution >= 4 is 11.9 Å². The van der Waals surface area contributed by atoms with E-state index in [1.165, 1.54) is 4.90 Å². The predicted molar refractivity (Wildman–Crippen MR) is 88.2 cm³/mol. The van der Waals surface area contributed by atoms with Gasteiger partial charge in [0, 0.05) is 12.6 Å². The van der Waals surface area contributed by atoms with E-state index >= 15 is 0 Å². The lowest BCUT2D eigenvalue weighted by atomic mass is 9.86. The normalized spacial score (nSPS) is 20.9. The number of aliphatic imine (C=N–C) groups is 1. The smallest absolute Gasteiger partial charge is 0.231 e. The van der Waals surface area contributed by atoms with E-state index in [-0.39, 0.29) is 23.9 Å². The molecule has 4 nitrogen and oxygen atoms in total. The van der Waals surface area contributed by atoms with Gasteiger partial charge in [-0.3, -0.25) is 9.69 Å². The number of benzene rings is 2. The maximum absolute atomic E-state index is 14.0. The third-order valence-corrected chi connectivity index (χ3v) is 4.30. The molecule has 24 heavy (non-hydrogen) atoms. The lowest BCUT2D eigenvalue weighted by Gasteiger charge is -2.33. The van der Waals surface area contributed by atoms with Crippen LogP contribution in [0, 0.1) is 11.6 Å². The number of carbonyl (C=O) groups is 1. The number of rotatable bonds is 2. The number of nitrogens with two attached hydrogens (primary N) is 1. The Kier molecular flexibility index (Phi) is 3.83. The summed E-state index contributed by atoms with van der Waals surface area (Å²) in [7, 11) is 1.57. The van der Waals surface area contributed by atoms with Crippen LogP contribution in [-0.2, 0) is 10.3 Å². The number of hydrogen-bond donors (Lipinski definition) is 1. The van der Waals surface area contributed by atoms with Gasteiger partial charge in [0.25, 0.3) is 0 Å². The fourth-order valence-corrected chi connectivity index (χ4v) is 2.82. The van der Waals surface area contributed by atoms with E-state index in [2.05, 4.69) is 4.99 Å². The number of carbonyl (C=O) groups excluding carboxylic acids is 1. The number of nitrogens with zero attached hydrogens (tertiary/aromatic N) is 2. The van der Waals surface area contributed by atoms with Crippen molar-refractivity contribution in [2.45, 2.75) is 18.9 Å². The van der Waals surface area contributed by atoms with Crippen LogP contribution in [0.3, 0.4) is 0 Å². The Labute approximate surface area is 138 Å². The van der Waals surface area contributed by atoms with Gasteiger partial charge in [0.15, 0.2) is 5.96 Å². The van der Waals surface area contributed by atoms with Crippen LogP contribution in [0.2, 0.25) is 0 Å². The van der Waals surface area contributed by atoms with Crippen molar-refractivity contribution in [1.29, 1.82) is 0 Å². The Balaban J connectivity index is 2.08. The second-order valence-electron chi connectivity index (χ2n) is 6.08. The van der Waals surface area contributed by atoms with Crippen LogP contribution < -0.4 is 5.73 Å². The third kappa shape index (κ3) is 2.75. The molecule has 1 unspecified atom stereocenters. The first-order valence-corrected chi connectivity index (χ1v) is 7.48. The Bertz CT molecular complexity index is 850. The highest BCUT2D eigenvalue weighted by atomic mass is 19.1. The molecule has 1 heterocycles. The van der Waals surface area contributed by atoms with Gasteiger partial charge in [-0.25, -0.2) is 13.8 Å². The van der Waals surface area contributed by atoms with E-state index in [0.29, 0.717) is 11.1 Å². The minimum Gasteiger partial charge on any atom is -0.369 e. The first kappa shape index (κ1) is 16.1. The summed E-state index contributed by atoms with van der Waals surface area (Å²) in [6.07, 6.45) is 0.152. The van der Waals surface area contributed by atoms with Gasteiger partial charge in [-0.1, -0.05) is 18.2 Å². The Hall–Kier alpha value is -2.76. The average Bonchev–Trinajstić information content (AvgIpc) is 2.55. The van der Waals surface area contributed by atoms with Gasteiger partial charge in [0.05, 0.1) is 12.0 Å². The summed E-state index contributed by atoms with van der Waals surface area (Å²) in [5, 5.41) is 0. The highest BCUT2D eigenvalue weighted by molar-refractivity contribution is 5.98. The van der Waals surface area contributed by atoms with Gasteiger partial charge in [0.2, 0.25) is 5.91 Å². The topological polar surface area (TPSA) is 58.7 Å². The molecule has 6 heteroatoms. The second kappa shape index (κ2) is 5.70. The van der Waals surface area contributed by atoms with Gasteiger partial charge in [-0.05, 0) is 42.3 Å². The van der Waals surface area contributed by atoms with Crippen LogP contribution in [0.15, 0.2) is 47.5 Å². The maximum atomic E-state index is 14.0. The van der Waals surface area contributed by atoms with Crippen LogP contribution >= 0.6 is 0 Å². The van der Waals surface area contributed by atoms with Gasteiger partial charge >= 0.3 is 0 Å². The van der Waals surface area contributed by atoms with Gasteiger partial charge in [0.1, 0.15) is 11.6 Å². The summed E-state index contributed by atoms with van der Waals surface area (Å²) in [6, 6.07) is 10.2. The highest BCUT2D eigenvalue weighted by Crippen LogP contribution is 2.35. The quantitative estimate of drug-likeness (QED) is 0.921. The first-order chi connectivity index (χ1) is 11.3. The zero-order valence-corrected chi connectivity index (χ0v) is 13.4. The van der Waals surface area contributed by atoms with Crippen LogP contribution in [0.25, 0.3) is 11.1 Å². The molecule has 0 fully saturated rings. The molecule has 1 atom stereocenters. The molecule has 0 aliphatic carbocycles.